The average Bonchev–Trinajstić information content (AvgIpc) is 2.28. The van der Waals surface area contributed by atoms with E-state index in [1.165, 1.54) is 0 Å². The second kappa shape index (κ2) is 3.62. The first-order valence-electron chi connectivity index (χ1n) is 6.00. The van der Waals surface area contributed by atoms with Gasteiger partial charge in [0.25, 0.3) is 0 Å². The molecule has 0 atom stereocenters. The smallest absolute Gasteiger partial charge is 0.0704 e. The van der Waals surface area contributed by atoms with Gasteiger partial charge in [0, 0.05) is 15.9 Å². The highest BCUT2D eigenvalue weighted by Gasteiger charge is 1.97. The lowest BCUT2D eigenvalue weighted by Crippen LogP contribution is -1.84. The molecule has 0 spiro atoms. The monoisotopic (exact) mass is 186 g/mol. The molecule has 0 aliphatic heterocycles. The number of nitrogens with zero attached hydrogens (tertiary/aromatic N) is 1. The van der Waals surface area contributed by atoms with Crippen molar-refractivity contribution in [2.24, 2.45) is 0 Å². The number of hydrogen-bond donors (Lipinski definition) is 0. The van der Waals surface area contributed by atoms with Gasteiger partial charge in [-0.15, -0.1) is 0 Å². The van der Waals surface area contributed by atoms with Crippen molar-refractivity contribution in [2.45, 2.75) is 13.8 Å². The summed E-state index contributed by atoms with van der Waals surface area (Å²) in [5, 5.41) is 0. The Balaban J connectivity index is 2.36. The van der Waals surface area contributed by atoms with Crippen LogP contribution in [0.1, 0.15) is 15.2 Å². The molecule has 14 heavy (non-hydrogen) atoms. The number of pyridine rings is 1. The van der Waals surface area contributed by atoms with Crippen LogP contribution in [0.5, 0.6) is 0 Å². The molecule has 1 heteroatoms. The standard InChI is InChI=1S/C13H13N/c1-10-3-5-12(6-4-10)13-9-11(2)7-8-14-13/h3-9H,1-2H3/i1D3. The number of benzene rings is 1. The van der Waals surface area contributed by atoms with Gasteiger partial charge in [-0.1, -0.05) is 29.8 Å². The zero-order chi connectivity index (χ0) is 12.5. The Bertz CT molecular complexity index is 515. The lowest BCUT2D eigenvalue weighted by molar-refractivity contribution is 1.28. The van der Waals surface area contributed by atoms with Gasteiger partial charge in [0.15, 0.2) is 0 Å². The van der Waals surface area contributed by atoms with Crippen LogP contribution in [0.4, 0.5) is 0 Å². The number of aromatic nitrogens is 1. The first-order valence-corrected chi connectivity index (χ1v) is 4.50. The maximum absolute atomic E-state index is 7.30. The van der Waals surface area contributed by atoms with Crippen molar-refractivity contribution in [2.75, 3.05) is 0 Å². The zero-order valence-corrected chi connectivity index (χ0v) is 7.99. The van der Waals surface area contributed by atoms with Crippen LogP contribution in [-0.4, -0.2) is 4.98 Å². The maximum Gasteiger partial charge on any atom is 0.0704 e. The van der Waals surface area contributed by atoms with Crippen LogP contribution in [0.2, 0.25) is 0 Å². The van der Waals surface area contributed by atoms with E-state index in [-0.39, 0.29) is 0 Å². The first kappa shape index (κ1) is 5.97. The molecule has 0 saturated heterocycles. The quantitative estimate of drug-likeness (QED) is 0.665. The van der Waals surface area contributed by atoms with Gasteiger partial charge in [-0.25, -0.2) is 0 Å². The first-order chi connectivity index (χ1) is 7.97. The second-order valence-electron chi connectivity index (χ2n) is 3.30. The van der Waals surface area contributed by atoms with E-state index in [1.807, 2.05) is 19.1 Å². The Hall–Kier alpha value is -1.63. The fraction of sp³-hybridized carbons (Fsp3) is 0.154. The molecular formula is C13H13N. The Morgan fingerprint density at radius 1 is 1.07 bits per heavy atom. The fourth-order valence-corrected chi connectivity index (χ4v) is 1.34. The van der Waals surface area contributed by atoms with Crippen LogP contribution >= 0.6 is 0 Å². The Labute approximate surface area is 88.7 Å². The molecule has 0 amide bonds. The largest absolute Gasteiger partial charge is 0.256 e. The van der Waals surface area contributed by atoms with E-state index in [9.17, 15) is 0 Å². The van der Waals surface area contributed by atoms with E-state index in [0.29, 0.717) is 5.56 Å². The van der Waals surface area contributed by atoms with Crippen molar-refractivity contribution in [3.63, 3.8) is 0 Å². The van der Waals surface area contributed by atoms with Crippen LogP contribution in [0, 0.1) is 13.8 Å². The zero-order valence-electron chi connectivity index (χ0n) is 11.0. The minimum Gasteiger partial charge on any atom is -0.256 e. The lowest BCUT2D eigenvalue weighted by atomic mass is 10.1. The third kappa shape index (κ3) is 1.82. The van der Waals surface area contributed by atoms with Crippen molar-refractivity contribution >= 4 is 0 Å². The molecule has 0 aliphatic carbocycles. The summed E-state index contributed by atoms with van der Waals surface area (Å²) in [5.74, 6) is 0. The summed E-state index contributed by atoms with van der Waals surface area (Å²) in [6.45, 7) is -0.0411. The predicted octanol–water partition coefficient (Wildman–Crippen LogP) is 3.37. The molecule has 0 N–H and O–H groups in total. The van der Waals surface area contributed by atoms with Crippen molar-refractivity contribution in [1.82, 2.24) is 4.98 Å². The predicted molar refractivity (Wildman–Crippen MR) is 59.1 cm³/mol. The van der Waals surface area contributed by atoms with Gasteiger partial charge in [-0.3, -0.25) is 4.98 Å². The molecule has 0 aliphatic rings. The highest BCUT2D eigenvalue weighted by Crippen LogP contribution is 2.17. The van der Waals surface area contributed by atoms with Gasteiger partial charge in [-0.2, -0.15) is 0 Å². The van der Waals surface area contributed by atoms with Crippen LogP contribution in [0.15, 0.2) is 42.6 Å². The van der Waals surface area contributed by atoms with Crippen LogP contribution in [0.3, 0.4) is 0 Å². The molecule has 70 valence electrons. The third-order valence-electron chi connectivity index (χ3n) is 2.10. The van der Waals surface area contributed by atoms with Crippen LogP contribution < -0.4 is 0 Å². The highest BCUT2D eigenvalue weighted by molar-refractivity contribution is 5.59. The van der Waals surface area contributed by atoms with Crippen molar-refractivity contribution in [1.29, 1.82) is 0 Å². The minimum absolute atomic E-state index is 0.355. The Kier molecular flexibility index (Phi) is 1.54. The molecule has 1 aromatic heterocycles. The van der Waals surface area contributed by atoms with Crippen molar-refractivity contribution in [3.8, 4) is 11.3 Å². The summed E-state index contributed by atoms with van der Waals surface area (Å²) in [6.07, 6.45) is 1.75. The molecule has 0 radical (unpaired) electrons. The van der Waals surface area contributed by atoms with Crippen LogP contribution in [-0.2, 0) is 0 Å². The molecule has 0 saturated carbocycles. The molecular weight excluding hydrogens is 170 g/mol. The molecule has 1 heterocycles. The summed E-state index contributed by atoms with van der Waals surface area (Å²) in [7, 11) is 0. The normalized spacial score (nSPS) is 14.2. The number of rotatable bonds is 1. The molecule has 1 nitrogen and oxygen atoms in total. The summed E-state index contributed by atoms with van der Waals surface area (Å²) < 4.78 is 21.9. The number of aryl methyl sites for hydroxylation is 2. The average molecular weight is 186 g/mol. The van der Waals surface area contributed by atoms with E-state index >= 15 is 0 Å². The summed E-state index contributed by atoms with van der Waals surface area (Å²) >= 11 is 0. The summed E-state index contributed by atoms with van der Waals surface area (Å²) in [4.78, 5) is 4.26. The Morgan fingerprint density at radius 3 is 2.50 bits per heavy atom. The fourth-order valence-electron chi connectivity index (χ4n) is 1.34. The third-order valence-corrected chi connectivity index (χ3v) is 2.10. The van der Waals surface area contributed by atoms with Gasteiger partial charge in [0.1, 0.15) is 0 Å². The van der Waals surface area contributed by atoms with Gasteiger partial charge in [0.05, 0.1) is 5.69 Å². The Morgan fingerprint density at radius 2 is 1.86 bits per heavy atom. The van der Waals surface area contributed by atoms with E-state index < -0.39 is 6.85 Å². The van der Waals surface area contributed by atoms with Gasteiger partial charge in [0.2, 0.25) is 0 Å². The lowest BCUT2D eigenvalue weighted by Gasteiger charge is -2.01. The molecule has 2 aromatic rings. The van der Waals surface area contributed by atoms with Crippen molar-refractivity contribution in [3.05, 3.63) is 53.7 Å². The molecule has 0 unspecified atom stereocenters. The molecule has 1 aromatic carbocycles. The molecule has 2 rings (SSSR count). The molecule has 0 bridgehead atoms. The summed E-state index contributed by atoms with van der Waals surface area (Å²) in [6, 6.07) is 10.8. The maximum atomic E-state index is 7.30. The van der Waals surface area contributed by atoms with Gasteiger partial charge in [-0.05, 0) is 31.5 Å². The van der Waals surface area contributed by atoms with E-state index in [2.05, 4.69) is 4.98 Å². The highest BCUT2D eigenvalue weighted by atomic mass is 14.7. The SMILES string of the molecule is [2H]C([2H])([2H])c1ccc(-c2cc(C)ccn2)cc1. The van der Waals surface area contributed by atoms with Gasteiger partial charge >= 0.3 is 0 Å². The number of hydrogen-bond acceptors (Lipinski definition) is 1. The van der Waals surface area contributed by atoms with Gasteiger partial charge < -0.3 is 0 Å². The second-order valence-corrected chi connectivity index (χ2v) is 3.30. The summed E-state index contributed by atoms with van der Waals surface area (Å²) in [5.41, 5.74) is 3.28. The van der Waals surface area contributed by atoms with Crippen molar-refractivity contribution < 1.29 is 4.11 Å². The van der Waals surface area contributed by atoms with E-state index in [1.54, 1.807) is 30.5 Å². The topological polar surface area (TPSA) is 12.9 Å². The van der Waals surface area contributed by atoms with Crippen LogP contribution in [0.25, 0.3) is 11.3 Å². The van der Waals surface area contributed by atoms with E-state index in [4.69, 9.17) is 4.11 Å². The van der Waals surface area contributed by atoms with E-state index in [0.717, 1.165) is 16.8 Å². The molecule has 0 fully saturated rings. The minimum atomic E-state index is -2.04.